The van der Waals surface area contributed by atoms with Gasteiger partial charge in [0.25, 0.3) is 0 Å². The van der Waals surface area contributed by atoms with Crippen LogP contribution in [0.3, 0.4) is 0 Å². The van der Waals surface area contributed by atoms with Gasteiger partial charge in [-0.1, -0.05) is 27.7 Å². The number of aliphatic imine (C=N–C) groups is 1. The molecule has 0 aromatic carbocycles. The second-order valence-electron chi connectivity index (χ2n) is 12.7. The van der Waals surface area contributed by atoms with Gasteiger partial charge in [-0.05, 0) is 76.9 Å². The molecule has 3 aliphatic rings. The number of hydrogen-bond donors (Lipinski definition) is 2. The highest BCUT2D eigenvalue weighted by atomic mass is 16.7. The number of hydrogen-bond acceptors (Lipinski definition) is 6. The van der Waals surface area contributed by atoms with Crippen LogP contribution in [0.5, 0.6) is 0 Å². The van der Waals surface area contributed by atoms with Gasteiger partial charge < -0.3 is 30.0 Å². The maximum Gasteiger partial charge on any atom is 0.461 e. The summed E-state index contributed by atoms with van der Waals surface area (Å²) >= 11 is 0. The van der Waals surface area contributed by atoms with Crippen LogP contribution in [0.2, 0.25) is 5.82 Å². The highest BCUT2D eigenvalue weighted by molar-refractivity contribution is 6.47. The number of carbonyl (C=O) groups excluding carboxylic acids is 2. The number of alkyl carbamates (subject to hydrolysis) is 1. The summed E-state index contributed by atoms with van der Waals surface area (Å²) in [6.07, 6.45) is 2.37. The van der Waals surface area contributed by atoms with Crippen LogP contribution in [-0.2, 0) is 18.8 Å². The molecular formula is C26H47BN4O5. The predicted octanol–water partition coefficient (Wildman–Crippen LogP) is 3.61. The minimum Gasteiger partial charge on any atom is -0.453 e. The van der Waals surface area contributed by atoms with Crippen molar-refractivity contribution >= 4 is 25.0 Å². The third-order valence-electron chi connectivity index (χ3n) is 9.13. The number of nitrogens with two attached hydrogens (primary N) is 1. The van der Waals surface area contributed by atoms with E-state index in [0.717, 1.165) is 19.3 Å². The van der Waals surface area contributed by atoms with Gasteiger partial charge in [-0.3, -0.25) is 9.79 Å². The van der Waals surface area contributed by atoms with E-state index in [1.54, 1.807) is 0 Å². The van der Waals surface area contributed by atoms with Gasteiger partial charge >= 0.3 is 13.2 Å². The molecule has 2 aliphatic heterocycles. The van der Waals surface area contributed by atoms with Crippen molar-refractivity contribution in [1.29, 1.82) is 0 Å². The molecule has 0 bridgehead atoms. The summed E-state index contributed by atoms with van der Waals surface area (Å²) in [5, 5.41) is 2.71. The molecule has 10 heteroatoms. The molecule has 0 radical (unpaired) electrons. The van der Waals surface area contributed by atoms with Crippen molar-refractivity contribution in [2.24, 2.45) is 28.0 Å². The molecule has 1 spiro atoms. The van der Waals surface area contributed by atoms with Crippen molar-refractivity contribution in [3.8, 4) is 0 Å². The zero-order valence-corrected chi connectivity index (χ0v) is 23.9. The van der Waals surface area contributed by atoms with Gasteiger partial charge in [0.2, 0.25) is 5.91 Å². The Morgan fingerprint density at radius 3 is 2.11 bits per heavy atom. The van der Waals surface area contributed by atoms with Crippen LogP contribution in [0.15, 0.2) is 4.99 Å². The maximum atomic E-state index is 13.6. The molecule has 2 amide bonds. The van der Waals surface area contributed by atoms with E-state index in [1.807, 2.05) is 18.7 Å². The Hall–Kier alpha value is -1.81. The summed E-state index contributed by atoms with van der Waals surface area (Å²) < 4.78 is 17.3. The second-order valence-corrected chi connectivity index (χ2v) is 12.7. The minimum atomic E-state index is -0.679. The Bertz CT molecular complexity index is 856. The molecule has 2 saturated heterocycles. The zero-order chi connectivity index (χ0) is 27.2. The second kappa shape index (κ2) is 10.2. The number of ether oxygens (including phenoxy) is 1. The van der Waals surface area contributed by atoms with Crippen molar-refractivity contribution in [2.45, 2.75) is 117 Å². The molecule has 1 saturated carbocycles. The number of nitrogens with zero attached hydrogens (tertiary/aromatic N) is 2. The maximum absolute atomic E-state index is 13.6. The average molecular weight is 506 g/mol. The molecule has 0 aromatic heterocycles. The molecule has 0 aromatic rings. The van der Waals surface area contributed by atoms with Gasteiger partial charge in [0, 0.05) is 6.54 Å². The Balaban J connectivity index is 1.75. The van der Waals surface area contributed by atoms with E-state index in [0.29, 0.717) is 12.4 Å². The third-order valence-corrected chi connectivity index (χ3v) is 9.13. The first kappa shape index (κ1) is 28.8. The lowest BCUT2D eigenvalue weighted by molar-refractivity contribution is -0.134. The first-order chi connectivity index (χ1) is 16.5. The summed E-state index contributed by atoms with van der Waals surface area (Å²) in [4.78, 5) is 32.2. The standard InChI is InChI=1S/C26H47BN4O5/c1-15(2)20(30-23(33)34-10)22(32)31-14-26(11-12-26)13-19(31)21(28)29-18(5)16(3)17(4)27-35-24(6,7)25(8,9)36-27/h15-20H,11-14H2,1-10H3,(H2,28,29)(H,30,33)/t16-,17?,18+,19-,20-/m0/s1. The van der Waals surface area contributed by atoms with E-state index in [2.05, 4.69) is 53.8 Å². The topological polar surface area (TPSA) is 115 Å². The summed E-state index contributed by atoms with van der Waals surface area (Å²) in [5.41, 5.74) is 5.98. The quantitative estimate of drug-likeness (QED) is 0.295. The van der Waals surface area contributed by atoms with Crippen LogP contribution in [0.4, 0.5) is 4.79 Å². The van der Waals surface area contributed by atoms with Gasteiger partial charge in [-0.2, -0.15) is 0 Å². The van der Waals surface area contributed by atoms with Crippen molar-refractivity contribution in [2.75, 3.05) is 13.7 Å². The van der Waals surface area contributed by atoms with E-state index in [-0.39, 0.29) is 59.4 Å². The average Bonchev–Trinajstić information content (AvgIpc) is 3.36. The number of likely N-dealkylation sites (tertiary alicyclic amines) is 1. The summed E-state index contributed by atoms with van der Waals surface area (Å²) in [5.74, 6) is 0.499. The number of nitrogens with one attached hydrogen (secondary N) is 1. The summed E-state index contributed by atoms with van der Waals surface area (Å²) in [7, 11) is 0.978. The van der Waals surface area contributed by atoms with Gasteiger partial charge in [0.1, 0.15) is 11.9 Å². The fourth-order valence-electron chi connectivity index (χ4n) is 5.20. The Morgan fingerprint density at radius 1 is 1.08 bits per heavy atom. The normalized spacial score (nSPS) is 27.6. The number of rotatable bonds is 8. The first-order valence-electron chi connectivity index (χ1n) is 13.4. The monoisotopic (exact) mass is 506 g/mol. The van der Waals surface area contributed by atoms with Gasteiger partial charge in [0.05, 0.1) is 30.4 Å². The fraction of sp³-hybridized carbons (Fsp3) is 0.885. The molecule has 3 fully saturated rings. The highest BCUT2D eigenvalue weighted by Gasteiger charge is 2.56. The van der Waals surface area contributed by atoms with Gasteiger partial charge in [0.15, 0.2) is 0 Å². The molecule has 3 rings (SSSR count). The Kier molecular flexibility index (Phi) is 8.12. The van der Waals surface area contributed by atoms with Crippen LogP contribution in [0, 0.1) is 17.3 Å². The third kappa shape index (κ3) is 5.69. The molecule has 3 N–H and O–H groups in total. The van der Waals surface area contributed by atoms with Crippen molar-refractivity contribution in [3.05, 3.63) is 0 Å². The van der Waals surface area contributed by atoms with Crippen LogP contribution in [0.25, 0.3) is 0 Å². The lowest BCUT2D eigenvalue weighted by Crippen LogP contribution is -2.55. The summed E-state index contributed by atoms with van der Waals surface area (Å²) in [6.45, 7) is 19.0. The number of methoxy groups -OCH3 is 1. The van der Waals surface area contributed by atoms with Gasteiger partial charge in [-0.15, -0.1) is 0 Å². The Morgan fingerprint density at radius 2 is 1.64 bits per heavy atom. The molecule has 1 unspecified atom stereocenters. The van der Waals surface area contributed by atoms with Crippen molar-refractivity contribution in [1.82, 2.24) is 10.2 Å². The summed E-state index contributed by atoms with van der Waals surface area (Å²) in [6, 6.07) is -1.04. The first-order valence-corrected chi connectivity index (χ1v) is 13.4. The predicted molar refractivity (Wildman–Crippen MR) is 142 cm³/mol. The highest BCUT2D eigenvalue weighted by Crippen LogP contribution is 2.55. The molecule has 1 aliphatic carbocycles. The van der Waals surface area contributed by atoms with Gasteiger partial charge in [-0.25, -0.2) is 4.79 Å². The minimum absolute atomic E-state index is 0.0826. The Labute approximate surface area is 217 Å². The van der Waals surface area contributed by atoms with E-state index in [4.69, 9.17) is 24.8 Å². The van der Waals surface area contributed by atoms with E-state index < -0.39 is 12.1 Å². The lowest BCUT2D eigenvalue weighted by atomic mass is 9.65. The van der Waals surface area contributed by atoms with Crippen molar-refractivity contribution < 1.29 is 23.6 Å². The van der Waals surface area contributed by atoms with Crippen LogP contribution >= 0.6 is 0 Å². The van der Waals surface area contributed by atoms with E-state index in [9.17, 15) is 9.59 Å². The number of carbonyl (C=O) groups is 2. The van der Waals surface area contributed by atoms with Crippen LogP contribution in [0.1, 0.15) is 81.6 Å². The largest absolute Gasteiger partial charge is 0.461 e. The number of amidine groups is 1. The fourth-order valence-corrected chi connectivity index (χ4v) is 5.20. The molecule has 9 nitrogen and oxygen atoms in total. The SMILES string of the molecule is COC(=O)N[C@H](C(=O)N1CC2(CC2)C[C@H]1C(N)=N[C@H](C)[C@@H](C)C(C)B1OC(C)(C)C(C)(C)O1)C(C)C. The van der Waals surface area contributed by atoms with E-state index in [1.165, 1.54) is 7.11 Å². The zero-order valence-electron chi connectivity index (χ0n) is 23.9. The smallest absolute Gasteiger partial charge is 0.453 e. The van der Waals surface area contributed by atoms with Crippen LogP contribution in [-0.4, -0.2) is 72.8 Å². The molecule has 5 atom stereocenters. The van der Waals surface area contributed by atoms with Crippen LogP contribution < -0.4 is 11.1 Å². The molecular weight excluding hydrogens is 459 g/mol. The van der Waals surface area contributed by atoms with Crippen molar-refractivity contribution in [3.63, 3.8) is 0 Å². The van der Waals surface area contributed by atoms with E-state index >= 15 is 0 Å². The lowest BCUT2D eigenvalue weighted by Gasteiger charge is -2.32. The molecule has 204 valence electrons. The number of amides is 2. The molecule has 36 heavy (non-hydrogen) atoms. The molecule has 2 heterocycles.